The van der Waals surface area contributed by atoms with Crippen LogP contribution in [0.4, 0.5) is 0 Å². The summed E-state index contributed by atoms with van der Waals surface area (Å²) in [5.74, 6) is 0. The van der Waals surface area contributed by atoms with Crippen LogP contribution in [0, 0.1) is 0 Å². The summed E-state index contributed by atoms with van der Waals surface area (Å²) in [5.41, 5.74) is 0. The molecule has 0 aromatic carbocycles. The summed E-state index contributed by atoms with van der Waals surface area (Å²) in [6.07, 6.45) is 1.85. The highest BCUT2D eigenvalue weighted by atomic mass is 32.2. The molecule has 8 heteroatoms. The van der Waals surface area contributed by atoms with Gasteiger partial charge in [0.15, 0.2) is 0 Å². The number of nitrogens with zero attached hydrogens (tertiary/aromatic N) is 1. The van der Waals surface area contributed by atoms with Crippen molar-refractivity contribution in [1.29, 1.82) is 0 Å². The number of rotatable bonds is 3. The van der Waals surface area contributed by atoms with E-state index in [1.165, 1.54) is 11.4 Å². The maximum absolute atomic E-state index is 11.4. The van der Waals surface area contributed by atoms with Gasteiger partial charge in [-0.25, -0.2) is 25.9 Å². The first-order chi connectivity index (χ1) is 6.77. The van der Waals surface area contributed by atoms with Crippen molar-refractivity contribution in [3.05, 3.63) is 0 Å². The molecule has 1 rings (SSSR count). The van der Waals surface area contributed by atoms with Gasteiger partial charge in [-0.3, -0.25) is 0 Å². The normalized spacial score (nSPS) is 21.7. The topological polar surface area (TPSA) is 83.6 Å². The minimum atomic E-state index is -3.26. The first kappa shape index (κ1) is 12.9. The Hall–Kier alpha value is -0.180. The molecule has 0 spiro atoms. The van der Waals surface area contributed by atoms with Gasteiger partial charge in [0.1, 0.15) is 0 Å². The van der Waals surface area contributed by atoms with Crippen LogP contribution >= 0.6 is 0 Å². The molecule has 0 radical (unpaired) electrons. The summed E-state index contributed by atoms with van der Waals surface area (Å²) in [4.78, 5) is 0. The van der Waals surface area contributed by atoms with Crippen LogP contribution in [0.2, 0.25) is 0 Å². The highest BCUT2D eigenvalue weighted by molar-refractivity contribution is 7.90. The van der Waals surface area contributed by atoms with E-state index in [1.807, 2.05) is 0 Å². The van der Waals surface area contributed by atoms with Crippen LogP contribution in [0.5, 0.6) is 0 Å². The van der Waals surface area contributed by atoms with Crippen LogP contribution < -0.4 is 4.72 Å². The van der Waals surface area contributed by atoms with Crippen molar-refractivity contribution in [2.75, 3.05) is 26.4 Å². The molecule has 1 fully saturated rings. The zero-order valence-corrected chi connectivity index (χ0v) is 10.4. The zero-order chi connectivity index (χ0) is 11.7. The highest BCUT2D eigenvalue weighted by Gasteiger charge is 2.31. The molecular weight excluding hydrogens is 240 g/mol. The van der Waals surface area contributed by atoms with Gasteiger partial charge in [-0.15, -0.1) is 0 Å². The summed E-state index contributed by atoms with van der Waals surface area (Å²) < 4.78 is 48.8. The minimum absolute atomic E-state index is 0.282. The summed E-state index contributed by atoms with van der Waals surface area (Å²) in [5, 5.41) is -0.472. The van der Waals surface area contributed by atoms with E-state index >= 15 is 0 Å². The Morgan fingerprint density at radius 2 is 1.60 bits per heavy atom. The summed E-state index contributed by atoms with van der Waals surface area (Å²) in [6, 6.07) is 0. The molecule has 0 aliphatic carbocycles. The van der Waals surface area contributed by atoms with Gasteiger partial charge in [0, 0.05) is 13.1 Å². The van der Waals surface area contributed by atoms with Gasteiger partial charge < -0.3 is 0 Å². The Bertz CT molecular complexity index is 406. The summed E-state index contributed by atoms with van der Waals surface area (Å²) in [6.45, 7) is 0.564. The monoisotopic (exact) mass is 256 g/mol. The largest absolute Gasteiger partial charge is 0.218 e. The quantitative estimate of drug-likeness (QED) is 0.699. The van der Waals surface area contributed by atoms with Crippen molar-refractivity contribution in [3.63, 3.8) is 0 Å². The molecule has 1 aliphatic rings. The predicted octanol–water partition coefficient (Wildman–Crippen LogP) is -1.04. The van der Waals surface area contributed by atoms with Crippen LogP contribution in [0.15, 0.2) is 0 Å². The van der Waals surface area contributed by atoms with Crippen molar-refractivity contribution in [2.45, 2.75) is 18.1 Å². The van der Waals surface area contributed by atoms with Crippen LogP contribution in [0.1, 0.15) is 12.8 Å². The third kappa shape index (κ3) is 3.13. The molecule has 0 aromatic heterocycles. The maximum atomic E-state index is 11.4. The van der Waals surface area contributed by atoms with E-state index in [-0.39, 0.29) is 13.1 Å². The Labute approximate surface area is 90.8 Å². The molecule has 0 amide bonds. The second kappa shape index (κ2) is 4.36. The smallest absolute Gasteiger partial charge is 0.214 e. The fourth-order valence-corrected chi connectivity index (χ4v) is 3.68. The molecule has 90 valence electrons. The van der Waals surface area contributed by atoms with Gasteiger partial charge in [-0.2, -0.15) is 0 Å². The Morgan fingerprint density at radius 1 is 1.13 bits per heavy atom. The average molecular weight is 256 g/mol. The van der Waals surface area contributed by atoms with Crippen LogP contribution in [-0.4, -0.2) is 52.8 Å². The molecular formula is C7H16N2O4S2. The standard InChI is InChI=1S/C7H16N2O4S2/c1-8-15(12,13)7-3-5-9(6-4-7)14(2,10)11/h7-8H,3-6H2,1-2H3. The molecule has 1 saturated heterocycles. The Kier molecular flexibility index (Phi) is 3.75. The number of nitrogens with one attached hydrogen (secondary N) is 1. The van der Waals surface area contributed by atoms with E-state index in [0.29, 0.717) is 12.8 Å². The van der Waals surface area contributed by atoms with Crippen molar-refractivity contribution in [3.8, 4) is 0 Å². The van der Waals surface area contributed by atoms with Crippen molar-refractivity contribution in [1.82, 2.24) is 9.03 Å². The van der Waals surface area contributed by atoms with Crippen LogP contribution in [0.3, 0.4) is 0 Å². The highest BCUT2D eigenvalue weighted by Crippen LogP contribution is 2.18. The van der Waals surface area contributed by atoms with Crippen molar-refractivity contribution in [2.24, 2.45) is 0 Å². The second-order valence-electron chi connectivity index (χ2n) is 3.61. The lowest BCUT2D eigenvalue weighted by Gasteiger charge is -2.29. The number of hydrogen-bond donors (Lipinski definition) is 1. The van der Waals surface area contributed by atoms with E-state index in [4.69, 9.17) is 0 Å². The minimum Gasteiger partial charge on any atom is -0.218 e. The van der Waals surface area contributed by atoms with Gasteiger partial charge in [-0.1, -0.05) is 0 Å². The summed E-state index contributed by atoms with van der Waals surface area (Å²) >= 11 is 0. The average Bonchev–Trinajstić information content (AvgIpc) is 2.17. The lowest BCUT2D eigenvalue weighted by Crippen LogP contribution is -2.44. The third-order valence-electron chi connectivity index (χ3n) is 2.59. The Morgan fingerprint density at radius 3 is 1.93 bits per heavy atom. The molecule has 0 aromatic rings. The van der Waals surface area contributed by atoms with E-state index < -0.39 is 25.3 Å². The number of hydrogen-bond acceptors (Lipinski definition) is 4. The van der Waals surface area contributed by atoms with Crippen molar-refractivity contribution >= 4 is 20.0 Å². The molecule has 0 saturated carbocycles. The molecule has 1 N–H and O–H groups in total. The van der Waals surface area contributed by atoms with Gasteiger partial charge >= 0.3 is 0 Å². The second-order valence-corrected chi connectivity index (χ2v) is 7.76. The van der Waals surface area contributed by atoms with E-state index in [2.05, 4.69) is 4.72 Å². The van der Waals surface area contributed by atoms with Gasteiger partial charge in [0.25, 0.3) is 0 Å². The molecule has 15 heavy (non-hydrogen) atoms. The molecule has 0 atom stereocenters. The van der Waals surface area contributed by atoms with E-state index in [0.717, 1.165) is 6.26 Å². The summed E-state index contributed by atoms with van der Waals surface area (Å²) in [7, 11) is -5.07. The molecule has 0 unspecified atom stereocenters. The molecule has 1 aliphatic heterocycles. The molecule has 0 bridgehead atoms. The van der Waals surface area contributed by atoms with Crippen molar-refractivity contribution < 1.29 is 16.8 Å². The maximum Gasteiger partial charge on any atom is 0.214 e. The first-order valence-electron chi connectivity index (χ1n) is 4.65. The van der Waals surface area contributed by atoms with Gasteiger partial charge in [0.2, 0.25) is 20.0 Å². The van der Waals surface area contributed by atoms with Gasteiger partial charge in [0.05, 0.1) is 11.5 Å². The van der Waals surface area contributed by atoms with Gasteiger partial charge in [-0.05, 0) is 19.9 Å². The van der Waals surface area contributed by atoms with Crippen LogP contribution in [0.25, 0.3) is 0 Å². The number of piperidine rings is 1. The molecule has 6 nitrogen and oxygen atoms in total. The molecule has 1 heterocycles. The zero-order valence-electron chi connectivity index (χ0n) is 8.80. The fourth-order valence-electron chi connectivity index (χ4n) is 1.64. The third-order valence-corrected chi connectivity index (χ3v) is 5.81. The number of sulfonamides is 2. The fraction of sp³-hybridized carbons (Fsp3) is 1.00. The van der Waals surface area contributed by atoms with E-state index in [1.54, 1.807) is 0 Å². The van der Waals surface area contributed by atoms with Crippen LogP contribution in [-0.2, 0) is 20.0 Å². The lowest BCUT2D eigenvalue weighted by molar-refractivity contribution is 0.347. The Balaban J connectivity index is 2.65. The first-order valence-corrected chi connectivity index (χ1v) is 8.04. The van der Waals surface area contributed by atoms with E-state index in [9.17, 15) is 16.8 Å². The predicted molar refractivity (Wildman–Crippen MR) is 57.4 cm³/mol. The SMILES string of the molecule is CNS(=O)(=O)C1CCN(S(C)(=O)=O)CC1. The lowest BCUT2D eigenvalue weighted by atomic mass is 10.2.